The molecule has 1 aliphatic rings. The van der Waals surface area contributed by atoms with Crippen molar-refractivity contribution in [3.8, 4) is 0 Å². The predicted octanol–water partition coefficient (Wildman–Crippen LogP) is 3.17. The smallest absolute Gasteiger partial charge is 0.0417 e. The highest BCUT2D eigenvalue weighted by Crippen LogP contribution is 2.34. The largest absolute Gasteiger partial charge is 0.327 e. The van der Waals surface area contributed by atoms with Gasteiger partial charge in [-0.25, -0.2) is 0 Å². The van der Waals surface area contributed by atoms with Gasteiger partial charge in [-0.15, -0.1) is 11.8 Å². The number of benzene rings is 1. The number of hydrogen-bond acceptors (Lipinski definition) is 2. The van der Waals surface area contributed by atoms with Gasteiger partial charge in [-0.2, -0.15) is 0 Å². The molecule has 3 heteroatoms. The minimum atomic E-state index is 0.360. The molecule has 0 bridgehead atoms. The van der Waals surface area contributed by atoms with Crippen LogP contribution in [0.2, 0.25) is 5.02 Å². The molecule has 1 unspecified atom stereocenters. The number of rotatable bonds is 4. The molecule has 2 N–H and O–H groups in total. The third-order valence-corrected chi connectivity index (χ3v) is 3.84. The second-order valence-corrected chi connectivity index (χ2v) is 5.30. The van der Waals surface area contributed by atoms with Gasteiger partial charge in [0.05, 0.1) is 0 Å². The van der Waals surface area contributed by atoms with Crippen LogP contribution in [0.1, 0.15) is 12.8 Å². The van der Waals surface area contributed by atoms with Crippen molar-refractivity contribution >= 4 is 23.4 Å². The summed E-state index contributed by atoms with van der Waals surface area (Å²) in [4.78, 5) is 1.22. The lowest BCUT2D eigenvalue weighted by atomic mass is 10.2. The van der Waals surface area contributed by atoms with Crippen LogP contribution in [-0.2, 0) is 0 Å². The zero-order chi connectivity index (χ0) is 9.97. The van der Waals surface area contributed by atoms with Crippen LogP contribution >= 0.6 is 23.4 Å². The highest BCUT2D eigenvalue weighted by atomic mass is 35.5. The van der Waals surface area contributed by atoms with Gasteiger partial charge in [0.1, 0.15) is 0 Å². The van der Waals surface area contributed by atoms with Gasteiger partial charge >= 0.3 is 0 Å². The van der Waals surface area contributed by atoms with Gasteiger partial charge in [-0.05, 0) is 37.0 Å². The summed E-state index contributed by atoms with van der Waals surface area (Å²) in [5, 5.41) is 0.801. The molecule has 0 amide bonds. The van der Waals surface area contributed by atoms with Crippen LogP contribution in [0, 0.1) is 5.92 Å². The molecule has 1 aromatic rings. The van der Waals surface area contributed by atoms with Gasteiger partial charge in [-0.3, -0.25) is 0 Å². The van der Waals surface area contributed by atoms with E-state index in [1.54, 1.807) is 11.8 Å². The fourth-order valence-corrected chi connectivity index (χ4v) is 2.71. The Labute approximate surface area is 94.0 Å². The van der Waals surface area contributed by atoms with Crippen molar-refractivity contribution in [3.63, 3.8) is 0 Å². The van der Waals surface area contributed by atoms with Crippen LogP contribution in [-0.4, -0.2) is 11.8 Å². The molecule has 0 heterocycles. The minimum absolute atomic E-state index is 0.360. The van der Waals surface area contributed by atoms with Crippen LogP contribution in [0.3, 0.4) is 0 Å². The molecule has 1 fully saturated rings. The molecule has 1 saturated carbocycles. The molecule has 0 aliphatic heterocycles. The lowest BCUT2D eigenvalue weighted by molar-refractivity contribution is 0.659. The average Bonchev–Trinajstić information content (AvgIpc) is 2.97. The van der Waals surface area contributed by atoms with Crippen molar-refractivity contribution in [2.24, 2.45) is 11.7 Å². The molecule has 1 aromatic carbocycles. The van der Waals surface area contributed by atoms with Gasteiger partial charge in [0, 0.05) is 21.7 Å². The molecule has 0 radical (unpaired) electrons. The zero-order valence-corrected chi connectivity index (χ0v) is 9.52. The second kappa shape index (κ2) is 4.56. The molecular weight excluding hydrogens is 214 g/mol. The van der Waals surface area contributed by atoms with E-state index in [0.717, 1.165) is 16.7 Å². The van der Waals surface area contributed by atoms with E-state index in [2.05, 4.69) is 6.07 Å². The molecule has 1 aliphatic carbocycles. The van der Waals surface area contributed by atoms with E-state index in [-0.39, 0.29) is 0 Å². The second-order valence-electron chi connectivity index (χ2n) is 3.77. The maximum Gasteiger partial charge on any atom is 0.0417 e. The highest BCUT2D eigenvalue weighted by molar-refractivity contribution is 7.99. The summed E-state index contributed by atoms with van der Waals surface area (Å²) in [6.07, 6.45) is 2.63. The Bertz CT molecular complexity index is 312. The molecule has 0 saturated heterocycles. The third-order valence-electron chi connectivity index (χ3n) is 2.47. The first-order valence-corrected chi connectivity index (χ1v) is 6.26. The standard InChI is InChI=1S/C11H14ClNS/c12-9-2-1-3-10(6-9)14-7-11(13)8-4-5-8/h1-3,6,8,11H,4-5,7,13H2. The van der Waals surface area contributed by atoms with Crippen LogP contribution in [0.5, 0.6) is 0 Å². The van der Waals surface area contributed by atoms with E-state index in [9.17, 15) is 0 Å². The first kappa shape index (κ1) is 10.3. The molecule has 14 heavy (non-hydrogen) atoms. The molecule has 76 valence electrons. The zero-order valence-electron chi connectivity index (χ0n) is 7.95. The minimum Gasteiger partial charge on any atom is -0.327 e. The van der Waals surface area contributed by atoms with E-state index in [1.165, 1.54) is 17.7 Å². The van der Waals surface area contributed by atoms with Crippen LogP contribution < -0.4 is 5.73 Å². The molecule has 0 aromatic heterocycles. The summed E-state index contributed by atoms with van der Waals surface area (Å²) in [5.74, 6) is 1.78. The fourth-order valence-electron chi connectivity index (χ4n) is 1.41. The number of hydrogen-bond donors (Lipinski definition) is 1. The normalized spacial score (nSPS) is 18.1. The van der Waals surface area contributed by atoms with E-state index in [0.29, 0.717) is 6.04 Å². The summed E-state index contributed by atoms with van der Waals surface area (Å²) in [5.41, 5.74) is 6.01. The SMILES string of the molecule is NC(CSc1cccc(Cl)c1)C1CC1. The van der Waals surface area contributed by atoms with Gasteiger partial charge in [0.15, 0.2) is 0 Å². The Morgan fingerprint density at radius 2 is 2.29 bits per heavy atom. The number of nitrogens with two attached hydrogens (primary N) is 1. The van der Waals surface area contributed by atoms with Crippen molar-refractivity contribution in [3.05, 3.63) is 29.3 Å². The number of halogens is 1. The first-order valence-electron chi connectivity index (χ1n) is 4.89. The van der Waals surface area contributed by atoms with Gasteiger partial charge < -0.3 is 5.73 Å². The Morgan fingerprint density at radius 3 is 2.93 bits per heavy atom. The maximum absolute atomic E-state index is 6.01. The summed E-state index contributed by atoms with van der Waals surface area (Å²) in [7, 11) is 0. The Balaban J connectivity index is 1.84. The molecule has 1 nitrogen and oxygen atoms in total. The van der Waals surface area contributed by atoms with Crippen LogP contribution in [0.25, 0.3) is 0 Å². The lowest BCUT2D eigenvalue weighted by Gasteiger charge is -2.09. The Kier molecular flexibility index (Phi) is 3.37. The van der Waals surface area contributed by atoms with Crippen LogP contribution in [0.15, 0.2) is 29.2 Å². The Morgan fingerprint density at radius 1 is 1.50 bits per heavy atom. The van der Waals surface area contributed by atoms with Crippen molar-refractivity contribution in [2.45, 2.75) is 23.8 Å². The summed E-state index contributed by atoms with van der Waals surface area (Å²) >= 11 is 7.69. The summed E-state index contributed by atoms with van der Waals surface area (Å²) < 4.78 is 0. The van der Waals surface area contributed by atoms with E-state index in [4.69, 9.17) is 17.3 Å². The topological polar surface area (TPSA) is 26.0 Å². The van der Waals surface area contributed by atoms with Crippen molar-refractivity contribution in [2.75, 3.05) is 5.75 Å². The van der Waals surface area contributed by atoms with Crippen molar-refractivity contribution < 1.29 is 0 Å². The van der Waals surface area contributed by atoms with Crippen LogP contribution in [0.4, 0.5) is 0 Å². The molecular formula is C11H14ClNS. The van der Waals surface area contributed by atoms with Gasteiger partial charge in [0.2, 0.25) is 0 Å². The number of thioether (sulfide) groups is 1. The predicted molar refractivity (Wildman–Crippen MR) is 62.9 cm³/mol. The van der Waals surface area contributed by atoms with Gasteiger partial charge in [-0.1, -0.05) is 17.7 Å². The van der Waals surface area contributed by atoms with E-state index >= 15 is 0 Å². The molecule has 2 rings (SSSR count). The fraction of sp³-hybridized carbons (Fsp3) is 0.455. The highest BCUT2D eigenvalue weighted by Gasteiger charge is 2.28. The van der Waals surface area contributed by atoms with Gasteiger partial charge in [0.25, 0.3) is 0 Å². The average molecular weight is 228 g/mol. The summed E-state index contributed by atoms with van der Waals surface area (Å²) in [6, 6.07) is 8.31. The monoisotopic (exact) mass is 227 g/mol. The lowest BCUT2D eigenvalue weighted by Crippen LogP contribution is -2.24. The third kappa shape index (κ3) is 2.91. The van der Waals surface area contributed by atoms with Crippen molar-refractivity contribution in [1.82, 2.24) is 0 Å². The first-order chi connectivity index (χ1) is 6.75. The summed E-state index contributed by atoms with van der Waals surface area (Å²) in [6.45, 7) is 0. The van der Waals surface area contributed by atoms with E-state index < -0.39 is 0 Å². The maximum atomic E-state index is 6.01. The molecule has 0 spiro atoms. The quantitative estimate of drug-likeness (QED) is 0.800. The van der Waals surface area contributed by atoms with Crippen molar-refractivity contribution in [1.29, 1.82) is 0 Å². The Hall–Kier alpha value is -0.180. The van der Waals surface area contributed by atoms with E-state index in [1.807, 2.05) is 18.2 Å². The molecule has 1 atom stereocenters.